The first-order valence-corrected chi connectivity index (χ1v) is 4.53. The number of ether oxygens (including phenoxy) is 1. The maximum Gasteiger partial charge on any atom is 0.247 e. The van der Waals surface area contributed by atoms with E-state index in [-0.39, 0.29) is 11.7 Å². The van der Waals surface area contributed by atoms with Crippen molar-refractivity contribution in [3.8, 4) is 0 Å². The first-order valence-electron chi connectivity index (χ1n) is 4.53. The first-order chi connectivity index (χ1) is 6.99. The van der Waals surface area contributed by atoms with Gasteiger partial charge in [0.15, 0.2) is 0 Å². The van der Waals surface area contributed by atoms with E-state index in [4.69, 9.17) is 4.74 Å². The molecule has 5 heteroatoms. The van der Waals surface area contributed by atoms with Crippen LogP contribution in [0.3, 0.4) is 0 Å². The quantitative estimate of drug-likeness (QED) is 0.288. The zero-order valence-corrected chi connectivity index (χ0v) is 9.41. The van der Waals surface area contributed by atoms with Gasteiger partial charge < -0.3 is 20.1 Å². The molecule has 0 unspecified atom stereocenters. The fourth-order valence-corrected chi connectivity index (χ4v) is 0.764. The van der Waals surface area contributed by atoms with E-state index in [9.17, 15) is 9.90 Å². The molecule has 0 radical (unpaired) electrons. The van der Waals surface area contributed by atoms with Crippen LogP contribution in [0, 0.1) is 0 Å². The number of rotatable bonds is 6. The molecule has 0 saturated carbocycles. The number of hydrogen-bond donors (Lipinski definition) is 2. The number of carbonyl (C=O) groups excluding carboxylic acids is 1. The number of hydrogen-bond acceptors (Lipinski definition) is 4. The zero-order chi connectivity index (χ0) is 11.8. The number of aliphatic hydroxyl groups is 1. The fourth-order valence-electron chi connectivity index (χ4n) is 0.764. The molecule has 0 aliphatic carbocycles. The smallest absolute Gasteiger partial charge is 0.247 e. The molecule has 86 valence electrons. The van der Waals surface area contributed by atoms with Crippen LogP contribution in [0.5, 0.6) is 0 Å². The number of likely N-dealkylation sites (N-methyl/N-ethyl adjacent to an activating group) is 1. The van der Waals surface area contributed by atoms with E-state index in [0.717, 1.165) is 6.08 Å². The third-order valence-electron chi connectivity index (χ3n) is 1.71. The predicted octanol–water partition coefficient (Wildman–Crippen LogP) is 0.266. The fraction of sp³-hybridized carbons (Fsp3) is 0.500. The lowest BCUT2D eigenvalue weighted by atomic mass is 10.3. The lowest BCUT2D eigenvalue weighted by Crippen LogP contribution is -2.26. The van der Waals surface area contributed by atoms with Crippen molar-refractivity contribution in [2.45, 2.75) is 0 Å². The van der Waals surface area contributed by atoms with Crippen molar-refractivity contribution in [3.63, 3.8) is 0 Å². The summed E-state index contributed by atoms with van der Waals surface area (Å²) in [7, 11) is 5.01. The van der Waals surface area contributed by atoms with Gasteiger partial charge in [0.2, 0.25) is 5.91 Å². The van der Waals surface area contributed by atoms with Gasteiger partial charge >= 0.3 is 0 Å². The first kappa shape index (κ1) is 13.5. The molecule has 15 heavy (non-hydrogen) atoms. The summed E-state index contributed by atoms with van der Waals surface area (Å²) in [5.41, 5.74) is 0.386. The largest absolute Gasteiger partial charge is 0.506 e. The molecule has 0 spiro atoms. The molecule has 0 aliphatic heterocycles. The maximum atomic E-state index is 11.2. The van der Waals surface area contributed by atoms with Gasteiger partial charge in [-0.25, -0.2) is 0 Å². The predicted molar refractivity (Wildman–Crippen MR) is 58.4 cm³/mol. The summed E-state index contributed by atoms with van der Waals surface area (Å²) in [4.78, 5) is 12.8. The molecular weight excluding hydrogens is 196 g/mol. The van der Waals surface area contributed by atoms with E-state index in [1.54, 1.807) is 26.1 Å². The molecule has 2 N–H and O–H groups in total. The molecule has 1 amide bonds. The van der Waals surface area contributed by atoms with Crippen molar-refractivity contribution in [3.05, 3.63) is 24.1 Å². The van der Waals surface area contributed by atoms with Crippen LogP contribution in [-0.4, -0.2) is 50.3 Å². The minimum absolute atomic E-state index is 0.144. The van der Waals surface area contributed by atoms with E-state index < -0.39 is 0 Å². The molecule has 0 atom stereocenters. The number of nitrogens with zero attached hydrogens (tertiary/aromatic N) is 1. The number of methoxy groups -OCH3 is 1. The summed E-state index contributed by atoms with van der Waals surface area (Å²) in [5.74, 6) is -0.512. The second-order valence-corrected chi connectivity index (χ2v) is 3.15. The Morgan fingerprint density at radius 3 is 2.67 bits per heavy atom. The zero-order valence-electron chi connectivity index (χ0n) is 9.41. The van der Waals surface area contributed by atoms with E-state index >= 15 is 0 Å². The molecule has 0 bridgehead atoms. The number of amides is 1. The van der Waals surface area contributed by atoms with Crippen molar-refractivity contribution in [2.24, 2.45) is 0 Å². The van der Waals surface area contributed by atoms with Crippen LogP contribution in [0.2, 0.25) is 0 Å². The van der Waals surface area contributed by atoms with Crippen LogP contribution in [0.25, 0.3) is 0 Å². The Morgan fingerprint density at radius 1 is 1.60 bits per heavy atom. The molecule has 5 nitrogen and oxygen atoms in total. The topological polar surface area (TPSA) is 61.8 Å². The van der Waals surface area contributed by atoms with E-state index in [1.807, 2.05) is 0 Å². The highest BCUT2D eigenvalue weighted by Crippen LogP contribution is 2.05. The van der Waals surface area contributed by atoms with Crippen LogP contribution in [0.1, 0.15) is 0 Å². The maximum absolute atomic E-state index is 11.2. The number of carbonyl (C=O) groups is 1. The second-order valence-electron chi connectivity index (χ2n) is 3.15. The lowest BCUT2D eigenvalue weighted by molar-refractivity contribution is -0.116. The Morgan fingerprint density at radius 2 is 2.20 bits per heavy atom. The Balaban J connectivity index is 4.12. The highest BCUT2D eigenvalue weighted by Gasteiger charge is 2.05. The summed E-state index contributed by atoms with van der Waals surface area (Å²) in [5, 5.41) is 12.0. The van der Waals surface area contributed by atoms with Gasteiger partial charge in [-0.05, 0) is 0 Å². The third kappa shape index (κ3) is 5.74. The SMILES string of the molecule is C=C(C(O)=CC(=O)NCCOC)N(C)C. The number of aliphatic hydroxyl groups excluding tert-OH is 1. The van der Waals surface area contributed by atoms with Gasteiger partial charge in [-0.2, -0.15) is 0 Å². The molecule has 0 fully saturated rings. The van der Waals surface area contributed by atoms with E-state index in [1.165, 1.54) is 0 Å². The van der Waals surface area contributed by atoms with Crippen molar-refractivity contribution in [1.82, 2.24) is 10.2 Å². The van der Waals surface area contributed by atoms with Crippen LogP contribution in [-0.2, 0) is 9.53 Å². The summed E-state index contributed by atoms with van der Waals surface area (Å²) in [6.07, 6.45) is 1.10. The van der Waals surface area contributed by atoms with E-state index in [0.29, 0.717) is 18.8 Å². The molecular formula is C10H18N2O3. The van der Waals surface area contributed by atoms with Gasteiger partial charge in [-0.3, -0.25) is 4.79 Å². The molecule has 0 aromatic carbocycles. The Kier molecular flexibility index (Phi) is 6.21. The van der Waals surface area contributed by atoms with Crippen LogP contribution in [0.4, 0.5) is 0 Å². The van der Waals surface area contributed by atoms with Gasteiger partial charge in [-0.15, -0.1) is 0 Å². The highest BCUT2D eigenvalue weighted by atomic mass is 16.5. The summed E-state index contributed by atoms with van der Waals surface area (Å²) < 4.78 is 4.76. The summed E-state index contributed by atoms with van der Waals surface area (Å²) in [6.45, 7) is 4.46. The van der Waals surface area contributed by atoms with E-state index in [2.05, 4.69) is 11.9 Å². The van der Waals surface area contributed by atoms with Crippen molar-refractivity contribution < 1.29 is 14.6 Å². The Hall–Kier alpha value is -1.49. The Bertz CT molecular complexity index is 259. The normalized spacial score (nSPS) is 11.0. The number of nitrogens with one attached hydrogen (secondary N) is 1. The second kappa shape index (κ2) is 6.89. The standard InChI is InChI=1S/C10H18N2O3/c1-8(12(2)3)9(13)7-10(14)11-5-6-15-4/h7,13H,1,5-6H2,2-4H3,(H,11,14). The molecule has 0 rings (SSSR count). The molecule has 0 aromatic rings. The average molecular weight is 214 g/mol. The van der Waals surface area contributed by atoms with Crippen molar-refractivity contribution >= 4 is 5.91 Å². The van der Waals surface area contributed by atoms with Crippen LogP contribution < -0.4 is 5.32 Å². The summed E-state index contributed by atoms with van der Waals surface area (Å²) >= 11 is 0. The average Bonchev–Trinajstić information content (AvgIpc) is 2.16. The lowest BCUT2D eigenvalue weighted by Gasteiger charge is -2.14. The molecule has 0 heterocycles. The van der Waals surface area contributed by atoms with Gasteiger partial charge in [0.1, 0.15) is 5.76 Å². The van der Waals surface area contributed by atoms with Gasteiger partial charge in [0.25, 0.3) is 0 Å². The molecule has 0 aliphatic rings. The molecule has 0 saturated heterocycles. The van der Waals surface area contributed by atoms with Crippen molar-refractivity contribution in [1.29, 1.82) is 0 Å². The molecule has 0 aromatic heterocycles. The Labute approximate surface area is 90.0 Å². The van der Waals surface area contributed by atoms with Gasteiger partial charge in [0, 0.05) is 33.8 Å². The van der Waals surface area contributed by atoms with Crippen molar-refractivity contribution in [2.75, 3.05) is 34.4 Å². The third-order valence-corrected chi connectivity index (χ3v) is 1.71. The summed E-state index contributed by atoms with van der Waals surface area (Å²) in [6, 6.07) is 0. The minimum atomic E-state index is -0.368. The van der Waals surface area contributed by atoms with Gasteiger partial charge in [-0.1, -0.05) is 6.58 Å². The van der Waals surface area contributed by atoms with Crippen LogP contribution in [0.15, 0.2) is 24.1 Å². The monoisotopic (exact) mass is 214 g/mol. The minimum Gasteiger partial charge on any atom is -0.506 e. The van der Waals surface area contributed by atoms with Crippen LogP contribution >= 0.6 is 0 Å². The highest BCUT2D eigenvalue weighted by molar-refractivity contribution is 5.88. The van der Waals surface area contributed by atoms with Gasteiger partial charge in [0.05, 0.1) is 12.3 Å².